The van der Waals surface area contributed by atoms with Crippen molar-refractivity contribution < 1.29 is 22.4 Å². The van der Waals surface area contributed by atoms with E-state index in [1.54, 1.807) is 18.2 Å². The molecule has 2 aliphatic heterocycles. The van der Waals surface area contributed by atoms with Crippen LogP contribution in [0.4, 0.5) is 0 Å². The molecular weight excluding hydrogens is 562 g/mol. The Kier molecular flexibility index (Phi) is 9.61. The molecule has 29 heavy (non-hydrogen) atoms. The first-order valence-electron chi connectivity index (χ1n) is 8.94. The number of hydrogen-bond acceptors (Lipinski definition) is 9. The monoisotopic (exact) mass is 582 g/mol. The average molecular weight is 583 g/mol. The second-order valence-electron chi connectivity index (χ2n) is 6.03. The van der Waals surface area contributed by atoms with Crippen LogP contribution in [0.1, 0.15) is 10.4 Å². The van der Waals surface area contributed by atoms with E-state index in [1.165, 1.54) is 23.8 Å². The first-order chi connectivity index (χ1) is 14.0. The quantitative estimate of drug-likeness (QED) is 0.420. The van der Waals surface area contributed by atoms with Crippen LogP contribution in [0.2, 0.25) is 0 Å². The van der Waals surface area contributed by atoms with E-state index in [-0.39, 0.29) is 11.3 Å². The van der Waals surface area contributed by atoms with E-state index in [4.69, 9.17) is 36.9 Å². The fourth-order valence-electron chi connectivity index (χ4n) is 2.55. The van der Waals surface area contributed by atoms with Gasteiger partial charge >= 0.3 is 195 Å². The van der Waals surface area contributed by atoms with Crippen molar-refractivity contribution in [3.05, 3.63) is 29.8 Å². The van der Waals surface area contributed by atoms with Crippen LogP contribution in [-0.2, 0) is 12.5 Å². The summed E-state index contributed by atoms with van der Waals surface area (Å²) in [4.78, 5) is 16.8. The van der Waals surface area contributed by atoms with Gasteiger partial charge in [-0.05, 0) is 0 Å². The minimum atomic E-state index is -2.84. The molecule has 2 saturated heterocycles. The van der Waals surface area contributed by atoms with Gasteiger partial charge in [-0.15, -0.1) is 0 Å². The zero-order valence-electron chi connectivity index (χ0n) is 15.5. The number of para-hydroxylation sites is 1. The number of nitrogens with zero attached hydrogens (tertiary/aromatic N) is 2. The third kappa shape index (κ3) is 7.12. The summed E-state index contributed by atoms with van der Waals surface area (Å²) in [5.41, 5.74) is 0.151. The molecule has 0 aromatic heterocycles. The molecule has 1 aromatic carbocycles. The number of aromatic hydroxyl groups is 1. The van der Waals surface area contributed by atoms with Crippen molar-refractivity contribution in [3.63, 3.8) is 0 Å². The third-order valence-corrected chi connectivity index (χ3v) is 18.9. The summed E-state index contributed by atoms with van der Waals surface area (Å²) in [6.07, 6.45) is 0. The summed E-state index contributed by atoms with van der Waals surface area (Å²) in [5.74, 6) is -0.639. The Labute approximate surface area is 193 Å². The summed E-state index contributed by atoms with van der Waals surface area (Å²) in [7, 11) is 2.90. The predicted octanol–water partition coefficient (Wildman–Crippen LogP) is 2.23. The van der Waals surface area contributed by atoms with Crippen LogP contribution in [0.3, 0.4) is 0 Å². The van der Waals surface area contributed by atoms with Crippen molar-refractivity contribution in [2.75, 3.05) is 52.6 Å². The van der Waals surface area contributed by atoms with Crippen LogP contribution in [0.15, 0.2) is 24.3 Å². The zero-order chi connectivity index (χ0) is 20.6. The Morgan fingerprint density at radius 1 is 0.966 bits per heavy atom. The number of phenols is 1. The van der Waals surface area contributed by atoms with Gasteiger partial charge in [-0.2, -0.15) is 0 Å². The Bertz CT molecular complexity index is 712. The number of ether oxygens (including phenoxy) is 2. The van der Waals surface area contributed by atoms with Gasteiger partial charge in [0.1, 0.15) is 0 Å². The molecule has 1 aromatic rings. The van der Waals surface area contributed by atoms with Gasteiger partial charge in [0, 0.05) is 0 Å². The van der Waals surface area contributed by atoms with Crippen LogP contribution >= 0.6 is 42.1 Å². The Morgan fingerprint density at radius 2 is 1.45 bits per heavy atom. The number of rotatable bonds is 4. The van der Waals surface area contributed by atoms with E-state index in [0.717, 1.165) is 26.2 Å². The molecule has 0 aliphatic carbocycles. The van der Waals surface area contributed by atoms with Gasteiger partial charge in [-0.1, -0.05) is 0 Å². The summed E-state index contributed by atoms with van der Waals surface area (Å²) in [6, 6.07) is 6.37. The zero-order valence-corrected chi connectivity index (χ0v) is 21.3. The van der Waals surface area contributed by atoms with Gasteiger partial charge in [-0.3, -0.25) is 0 Å². The van der Waals surface area contributed by atoms with Crippen molar-refractivity contribution in [1.82, 2.24) is 9.80 Å². The molecule has 0 unspecified atom stereocenters. The SMILES string of the molecule is O=C([O][Sb]([S]C(=S)N1CCOCC1)[S]C(=S)N1CCOCC1)c1ccccc1O. The second-order valence-corrected chi connectivity index (χ2v) is 19.4. The van der Waals surface area contributed by atoms with Gasteiger partial charge in [0.05, 0.1) is 0 Å². The molecule has 0 radical (unpaired) electrons. The van der Waals surface area contributed by atoms with Crippen LogP contribution in [0, 0.1) is 0 Å². The summed E-state index contributed by atoms with van der Waals surface area (Å²) >= 11 is 8.37. The molecule has 7 nitrogen and oxygen atoms in total. The molecule has 1 N–H and O–H groups in total. The van der Waals surface area contributed by atoms with Crippen molar-refractivity contribution in [2.24, 2.45) is 0 Å². The number of benzene rings is 1. The van der Waals surface area contributed by atoms with Gasteiger partial charge in [-0.25, -0.2) is 0 Å². The third-order valence-electron chi connectivity index (χ3n) is 4.13. The topological polar surface area (TPSA) is 71.5 Å². The Balaban J connectivity index is 1.67. The number of thiocarbonyl (C=S) groups is 2. The molecule has 2 aliphatic rings. The summed E-state index contributed by atoms with van der Waals surface area (Å²) in [6.45, 7) is 5.45. The number of carbonyl (C=O) groups excluding carboxylic acids is 1. The Hall–Kier alpha value is -0.292. The van der Waals surface area contributed by atoms with E-state index in [1.807, 2.05) is 0 Å². The van der Waals surface area contributed by atoms with Crippen LogP contribution in [0.25, 0.3) is 0 Å². The fraction of sp³-hybridized carbons (Fsp3) is 0.471. The summed E-state index contributed by atoms with van der Waals surface area (Å²) in [5, 5.41) is 9.98. The van der Waals surface area contributed by atoms with Gasteiger partial charge < -0.3 is 0 Å². The Morgan fingerprint density at radius 3 is 1.93 bits per heavy atom. The molecule has 0 spiro atoms. The van der Waals surface area contributed by atoms with Crippen molar-refractivity contribution in [1.29, 1.82) is 0 Å². The molecular formula is C17H21N2O5S4Sb. The molecule has 2 heterocycles. The minimum absolute atomic E-state index is 0.0977. The number of hydrogen-bond donors (Lipinski definition) is 1. The predicted molar refractivity (Wildman–Crippen MR) is 124 cm³/mol. The molecule has 2 fully saturated rings. The number of phenolic OH excluding ortho intramolecular Hbond substituents is 1. The van der Waals surface area contributed by atoms with Gasteiger partial charge in [0.15, 0.2) is 0 Å². The fourth-order valence-corrected chi connectivity index (χ4v) is 18.8. The van der Waals surface area contributed by atoms with Crippen molar-refractivity contribution in [2.45, 2.75) is 0 Å². The van der Waals surface area contributed by atoms with Crippen LogP contribution < -0.4 is 0 Å². The first kappa shape index (κ1) is 23.4. The van der Waals surface area contributed by atoms with Crippen molar-refractivity contribution in [3.8, 4) is 5.75 Å². The molecule has 158 valence electrons. The van der Waals surface area contributed by atoms with Gasteiger partial charge in [0.2, 0.25) is 0 Å². The van der Waals surface area contributed by atoms with Crippen LogP contribution in [-0.4, -0.2) is 100.0 Å². The molecule has 0 atom stereocenters. The molecule has 0 saturated carbocycles. The normalized spacial score (nSPS) is 17.3. The van der Waals surface area contributed by atoms with E-state index in [2.05, 4.69) is 9.80 Å². The maximum absolute atomic E-state index is 12.7. The first-order valence-corrected chi connectivity index (χ1v) is 18.6. The van der Waals surface area contributed by atoms with E-state index in [9.17, 15) is 9.90 Å². The van der Waals surface area contributed by atoms with E-state index >= 15 is 0 Å². The molecule has 12 heteroatoms. The molecule has 0 bridgehead atoms. The van der Waals surface area contributed by atoms with E-state index in [0.29, 0.717) is 35.1 Å². The molecule has 3 rings (SSSR count). The van der Waals surface area contributed by atoms with Gasteiger partial charge in [0.25, 0.3) is 0 Å². The van der Waals surface area contributed by atoms with Crippen molar-refractivity contribution >= 4 is 74.6 Å². The number of carbonyl (C=O) groups is 1. The van der Waals surface area contributed by atoms with E-state index < -0.39 is 23.8 Å². The second kappa shape index (κ2) is 11.9. The molecule has 0 amide bonds. The van der Waals surface area contributed by atoms with Crippen LogP contribution in [0.5, 0.6) is 5.75 Å². The average Bonchev–Trinajstić information content (AvgIpc) is 2.75. The maximum atomic E-state index is 12.7. The number of morpholine rings is 2. The summed E-state index contributed by atoms with van der Waals surface area (Å²) < 4.78 is 18.0. The standard InChI is InChI=1S/C7H6O3.2C5H9NOS2.Sb/c8-6-4-2-1-3-5(6)7(9)10;2*8-5(9)6-1-3-7-4-2-6;/h1-4,8H,(H,9,10);2*1-4H2,(H,8,9);/q;;;+3/p-3.